The van der Waals surface area contributed by atoms with E-state index in [4.69, 9.17) is 0 Å². The number of benzene rings is 1. The van der Waals surface area contributed by atoms with Crippen molar-refractivity contribution in [1.82, 2.24) is 25.1 Å². The van der Waals surface area contributed by atoms with Gasteiger partial charge in [-0.05, 0) is 19.2 Å². The molecular weight excluding hydrogens is 397 g/mol. The molecule has 28 heavy (non-hydrogen) atoms. The smallest absolute Gasteiger partial charge is 0.230 e. The number of carbonyl (C=O) groups is 1. The van der Waals surface area contributed by atoms with Crippen LogP contribution in [0.5, 0.6) is 0 Å². The second-order valence-corrected chi connectivity index (χ2v) is 8.87. The van der Waals surface area contributed by atoms with E-state index < -0.39 is 0 Å². The number of halogens is 1. The Labute approximate surface area is 171 Å². The van der Waals surface area contributed by atoms with Gasteiger partial charge in [0.15, 0.2) is 0 Å². The average molecular weight is 420 g/mol. The highest BCUT2D eigenvalue weighted by molar-refractivity contribution is 8.00. The van der Waals surface area contributed by atoms with Crippen molar-refractivity contribution in [2.24, 2.45) is 0 Å². The zero-order valence-electron chi connectivity index (χ0n) is 15.7. The molecule has 0 atom stereocenters. The topological polar surface area (TPSA) is 61.4 Å². The number of hydrogen-bond acceptors (Lipinski definition) is 7. The van der Waals surface area contributed by atoms with E-state index in [0.29, 0.717) is 17.4 Å². The monoisotopic (exact) mass is 419 g/mol. The molecule has 1 aromatic carbocycles. The van der Waals surface area contributed by atoms with Gasteiger partial charge in [0.2, 0.25) is 5.91 Å². The number of carbonyl (C=O) groups excluding carboxylic acids is 1. The molecule has 0 bridgehead atoms. The highest BCUT2D eigenvalue weighted by Gasteiger charge is 2.16. The summed E-state index contributed by atoms with van der Waals surface area (Å²) >= 11 is 2.83. The van der Waals surface area contributed by atoms with Gasteiger partial charge in [0, 0.05) is 44.0 Å². The first-order valence-electron chi connectivity index (χ1n) is 9.24. The molecule has 0 aliphatic carbocycles. The van der Waals surface area contributed by atoms with Crippen LogP contribution in [0.2, 0.25) is 0 Å². The highest BCUT2D eigenvalue weighted by atomic mass is 32.2. The first-order chi connectivity index (χ1) is 13.6. The van der Waals surface area contributed by atoms with Crippen LogP contribution in [-0.4, -0.2) is 77.7 Å². The molecule has 1 fully saturated rings. The van der Waals surface area contributed by atoms with Crippen LogP contribution in [0.25, 0.3) is 20.3 Å². The largest absolute Gasteiger partial charge is 0.354 e. The second-order valence-electron chi connectivity index (χ2n) is 6.86. The molecule has 1 aliphatic rings. The Morgan fingerprint density at radius 2 is 2.11 bits per heavy atom. The van der Waals surface area contributed by atoms with E-state index in [1.165, 1.54) is 35.5 Å². The molecule has 1 amide bonds. The van der Waals surface area contributed by atoms with Crippen molar-refractivity contribution in [2.75, 3.05) is 52.1 Å². The summed E-state index contributed by atoms with van der Waals surface area (Å²) in [6, 6.07) is 5.02. The number of aromatic nitrogens is 2. The van der Waals surface area contributed by atoms with Gasteiger partial charge in [-0.2, -0.15) is 0 Å². The van der Waals surface area contributed by atoms with Gasteiger partial charge >= 0.3 is 0 Å². The van der Waals surface area contributed by atoms with Gasteiger partial charge in [-0.15, -0.1) is 11.3 Å². The maximum atomic E-state index is 14.2. The summed E-state index contributed by atoms with van der Waals surface area (Å²) in [6.07, 6.45) is 1.44. The van der Waals surface area contributed by atoms with E-state index >= 15 is 0 Å². The number of hydrogen-bond donors (Lipinski definition) is 1. The molecule has 0 saturated carbocycles. The van der Waals surface area contributed by atoms with Crippen LogP contribution in [-0.2, 0) is 4.79 Å². The molecule has 148 valence electrons. The van der Waals surface area contributed by atoms with E-state index in [1.54, 1.807) is 6.07 Å². The maximum Gasteiger partial charge on any atom is 0.230 e. The molecular formula is C19H22FN5OS2. The molecule has 4 rings (SSSR count). The molecule has 3 heterocycles. The Balaban J connectivity index is 1.34. The Hall–Kier alpha value is -1.81. The standard InChI is InChI=1S/C19H22FN5OS2/c1-24-7-9-25(10-8-24)6-5-21-15(26)11-27-19-18-17(22-12-23-19)16-13(20)3-2-4-14(16)28-18/h2-4,12H,5-11H2,1H3,(H,21,26). The molecule has 1 N–H and O–H groups in total. The lowest BCUT2D eigenvalue weighted by molar-refractivity contribution is -0.118. The SMILES string of the molecule is CN1CCN(CCNC(=O)CSc2ncnc3c2sc2cccc(F)c23)CC1. The minimum atomic E-state index is -0.278. The summed E-state index contributed by atoms with van der Waals surface area (Å²) < 4.78 is 15.9. The molecule has 0 spiro atoms. The minimum Gasteiger partial charge on any atom is -0.354 e. The number of thioether (sulfide) groups is 1. The number of likely N-dealkylation sites (N-methyl/N-ethyl adjacent to an activating group) is 1. The fraction of sp³-hybridized carbons (Fsp3) is 0.421. The number of nitrogens with one attached hydrogen (secondary N) is 1. The quantitative estimate of drug-likeness (QED) is 0.489. The average Bonchev–Trinajstić information content (AvgIpc) is 3.08. The van der Waals surface area contributed by atoms with E-state index in [0.717, 1.165) is 47.1 Å². The van der Waals surface area contributed by atoms with Crippen molar-refractivity contribution >= 4 is 49.3 Å². The first-order valence-corrected chi connectivity index (χ1v) is 11.0. The molecule has 1 aliphatic heterocycles. The summed E-state index contributed by atoms with van der Waals surface area (Å²) in [5, 5.41) is 4.23. The summed E-state index contributed by atoms with van der Waals surface area (Å²) in [4.78, 5) is 25.5. The number of thiophene rings is 1. The lowest BCUT2D eigenvalue weighted by Crippen LogP contribution is -2.47. The van der Waals surface area contributed by atoms with E-state index in [9.17, 15) is 9.18 Å². The van der Waals surface area contributed by atoms with E-state index in [2.05, 4.69) is 32.1 Å². The van der Waals surface area contributed by atoms with E-state index in [1.807, 2.05) is 6.07 Å². The van der Waals surface area contributed by atoms with Crippen molar-refractivity contribution in [3.63, 3.8) is 0 Å². The van der Waals surface area contributed by atoms with Crippen LogP contribution < -0.4 is 5.32 Å². The van der Waals surface area contributed by atoms with Gasteiger partial charge in [0.1, 0.15) is 17.2 Å². The van der Waals surface area contributed by atoms with Crippen molar-refractivity contribution < 1.29 is 9.18 Å². The van der Waals surface area contributed by atoms with Gasteiger partial charge in [-0.1, -0.05) is 17.8 Å². The van der Waals surface area contributed by atoms with E-state index in [-0.39, 0.29) is 17.5 Å². The van der Waals surface area contributed by atoms with Crippen molar-refractivity contribution in [1.29, 1.82) is 0 Å². The lowest BCUT2D eigenvalue weighted by atomic mass is 10.2. The van der Waals surface area contributed by atoms with Crippen molar-refractivity contribution in [3.05, 3.63) is 30.3 Å². The third-order valence-electron chi connectivity index (χ3n) is 4.88. The molecule has 0 radical (unpaired) electrons. The van der Waals surface area contributed by atoms with Crippen LogP contribution in [0.1, 0.15) is 0 Å². The Morgan fingerprint density at radius 1 is 1.29 bits per heavy atom. The Morgan fingerprint density at radius 3 is 2.93 bits per heavy atom. The summed E-state index contributed by atoms with van der Waals surface area (Å²) in [5.74, 6) is -0.00999. The summed E-state index contributed by atoms with van der Waals surface area (Å²) in [6.45, 7) is 5.76. The molecule has 9 heteroatoms. The Kier molecular flexibility index (Phi) is 6.05. The number of nitrogens with zero attached hydrogens (tertiary/aromatic N) is 4. The predicted molar refractivity (Wildman–Crippen MR) is 113 cm³/mol. The fourth-order valence-corrected chi connectivity index (χ4v) is 5.34. The van der Waals surface area contributed by atoms with Gasteiger partial charge in [0.05, 0.1) is 21.4 Å². The van der Waals surface area contributed by atoms with Crippen molar-refractivity contribution in [2.45, 2.75) is 5.03 Å². The van der Waals surface area contributed by atoms with Crippen LogP contribution in [0, 0.1) is 5.82 Å². The van der Waals surface area contributed by atoms with Crippen molar-refractivity contribution in [3.8, 4) is 0 Å². The van der Waals surface area contributed by atoms with Crippen LogP contribution >= 0.6 is 23.1 Å². The predicted octanol–water partition coefficient (Wildman–Crippen LogP) is 2.44. The van der Waals surface area contributed by atoms with Crippen LogP contribution in [0.3, 0.4) is 0 Å². The minimum absolute atomic E-state index is 0.0156. The summed E-state index contributed by atoms with van der Waals surface area (Å²) in [5.41, 5.74) is 0.617. The third kappa shape index (κ3) is 4.27. The zero-order valence-corrected chi connectivity index (χ0v) is 17.3. The number of amides is 1. The lowest BCUT2D eigenvalue weighted by Gasteiger charge is -2.32. The second kappa shape index (κ2) is 8.69. The molecule has 6 nitrogen and oxygen atoms in total. The van der Waals surface area contributed by atoms with Crippen LogP contribution in [0.4, 0.5) is 4.39 Å². The number of fused-ring (bicyclic) bond motifs is 3. The zero-order chi connectivity index (χ0) is 19.5. The van der Waals surface area contributed by atoms with Gasteiger partial charge < -0.3 is 10.2 Å². The van der Waals surface area contributed by atoms with Crippen LogP contribution in [0.15, 0.2) is 29.6 Å². The molecule has 2 aromatic heterocycles. The fourth-order valence-electron chi connectivity index (χ4n) is 3.27. The van der Waals surface area contributed by atoms with Gasteiger partial charge in [-0.25, -0.2) is 14.4 Å². The molecule has 3 aromatic rings. The van der Waals surface area contributed by atoms with Gasteiger partial charge in [-0.3, -0.25) is 9.69 Å². The van der Waals surface area contributed by atoms with Gasteiger partial charge in [0.25, 0.3) is 0 Å². The first kappa shape index (κ1) is 19.5. The molecule has 0 unspecified atom stereocenters. The third-order valence-corrected chi connectivity index (χ3v) is 7.15. The Bertz CT molecular complexity index is 987. The molecule has 1 saturated heterocycles. The highest BCUT2D eigenvalue weighted by Crippen LogP contribution is 2.38. The number of piperazine rings is 1. The summed E-state index contributed by atoms with van der Waals surface area (Å²) in [7, 11) is 2.13. The maximum absolute atomic E-state index is 14.2. The normalized spacial score (nSPS) is 16.1. The number of rotatable bonds is 6.